The van der Waals surface area contributed by atoms with Crippen molar-refractivity contribution in [1.29, 1.82) is 5.26 Å². The van der Waals surface area contributed by atoms with E-state index >= 15 is 0 Å². The van der Waals surface area contributed by atoms with E-state index in [0.29, 0.717) is 0 Å². The SMILES string of the molecule is Cc1ccc(C#N)c(OC(F)F)c1F. The molecule has 74 valence electrons. The number of nitrogens with zero attached hydrogens (tertiary/aromatic N) is 1. The van der Waals surface area contributed by atoms with Gasteiger partial charge in [0.05, 0.1) is 5.56 Å². The molecular formula is C9H6F3NO. The highest BCUT2D eigenvalue weighted by Crippen LogP contribution is 2.26. The van der Waals surface area contributed by atoms with Gasteiger partial charge in [0.1, 0.15) is 6.07 Å². The maximum absolute atomic E-state index is 13.2. The lowest BCUT2D eigenvalue weighted by molar-refractivity contribution is -0.0524. The Morgan fingerprint density at radius 2 is 2.07 bits per heavy atom. The summed E-state index contributed by atoms with van der Waals surface area (Å²) in [5, 5.41) is 8.51. The molecule has 1 aromatic carbocycles. The van der Waals surface area contributed by atoms with Gasteiger partial charge >= 0.3 is 6.61 Å². The second-order valence-electron chi connectivity index (χ2n) is 2.56. The van der Waals surface area contributed by atoms with Gasteiger partial charge in [0.2, 0.25) is 0 Å². The summed E-state index contributed by atoms with van der Waals surface area (Å²) < 4.78 is 40.8. The Kier molecular flexibility index (Phi) is 2.97. The number of benzene rings is 1. The molecule has 2 nitrogen and oxygen atoms in total. The fraction of sp³-hybridized carbons (Fsp3) is 0.222. The number of hydrogen-bond acceptors (Lipinski definition) is 2. The van der Waals surface area contributed by atoms with Crippen LogP contribution in [-0.4, -0.2) is 6.61 Å². The standard InChI is InChI=1S/C9H6F3NO/c1-5-2-3-6(4-13)8(7(5)10)14-9(11)12/h2-3,9H,1H3. The number of alkyl halides is 2. The average Bonchev–Trinajstić information content (AvgIpc) is 2.13. The predicted molar refractivity (Wildman–Crippen MR) is 42.5 cm³/mol. The van der Waals surface area contributed by atoms with Gasteiger partial charge in [-0.1, -0.05) is 6.07 Å². The largest absolute Gasteiger partial charge is 0.430 e. The van der Waals surface area contributed by atoms with E-state index in [-0.39, 0.29) is 11.1 Å². The normalized spacial score (nSPS) is 10.0. The molecule has 1 rings (SSSR count). The monoisotopic (exact) mass is 201 g/mol. The van der Waals surface area contributed by atoms with Gasteiger partial charge in [-0.25, -0.2) is 4.39 Å². The highest BCUT2D eigenvalue weighted by molar-refractivity contribution is 5.46. The molecule has 0 fully saturated rings. The lowest BCUT2D eigenvalue weighted by atomic mass is 10.1. The molecule has 0 aliphatic heterocycles. The van der Waals surface area contributed by atoms with Crippen LogP contribution in [0.4, 0.5) is 13.2 Å². The number of aryl methyl sites for hydroxylation is 1. The van der Waals surface area contributed by atoms with Crippen LogP contribution >= 0.6 is 0 Å². The first-order valence-corrected chi connectivity index (χ1v) is 3.70. The van der Waals surface area contributed by atoms with Crippen molar-refractivity contribution in [2.75, 3.05) is 0 Å². The molecule has 0 unspecified atom stereocenters. The first-order valence-electron chi connectivity index (χ1n) is 3.70. The average molecular weight is 201 g/mol. The molecule has 0 atom stereocenters. The molecule has 0 aliphatic carbocycles. The smallest absolute Gasteiger partial charge is 0.387 e. The van der Waals surface area contributed by atoms with Crippen LogP contribution in [0.5, 0.6) is 5.75 Å². The third kappa shape index (κ3) is 1.96. The van der Waals surface area contributed by atoms with Crippen LogP contribution in [0.25, 0.3) is 0 Å². The Morgan fingerprint density at radius 1 is 1.43 bits per heavy atom. The lowest BCUT2D eigenvalue weighted by Crippen LogP contribution is -2.06. The maximum Gasteiger partial charge on any atom is 0.387 e. The van der Waals surface area contributed by atoms with E-state index in [9.17, 15) is 13.2 Å². The van der Waals surface area contributed by atoms with E-state index in [1.54, 1.807) is 6.07 Å². The van der Waals surface area contributed by atoms with Gasteiger partial charge in [-0.3, -0.25) is 0 Å². The zero-order valence-electron chi connectivity index (χ0n) is 7.22. The van der Waals surface area contributed by atoms with Crippen molar-refractivity contribution < 1.29 is 17.9 Å². The number of hydrogen-bond donors (Lipinski definition) is 0. The van der Waals surface area contributed by atoms with E-state index in [4.69, 9.17) is 5.26 Å². The second-order valence-corrected chi connectivity index (χ2v) is 2.56. The minimum Gasteiger partial charge on any atom is -0.430 e. The molecule has 0 radical (unpaired) electrons. The third-order valence-corrected chi connectivity index (χ3v) is 1.62. The minimum atomic E-state index is -3.14. The third-order valence-electron chi connectivity index (χ3n) is 1.62. The van der Waals surface area contributed by atoms with Crippen molar-refractivity contribution in [3.05, 3.63) is 29.1 Å². The van der Waals surface area contributed by atoms with Crippen molar-refractivity contribution >= 4 is 0 Å². The van der Waals surface area contributed by atoms with E-state index in [2.05, 4.69) is 4.74 Å². The van der Waals surface area contributed by atoms with E-state index in [1.165, 1.54) is 19.1 Å². The van der Waals surface area contributed by atoms with Gasteiger partial charge < -0.3 is 4.74 Å². The summed E-state index contributed by atoms with van der Waals surface area (Å²) in [6.45, 7) is -1.74. The first-order chi connectivity index (χ1) is 6.56. The molecule has 0 bridgehead atoms. The molecule has 5 heteroatoms. The molecule has 0 saturated heterocycles. The second kappa shape index (κ2) is 4.01. The number of halogens is 3. The number of nitriles is 1. The molecule has 14 heavy (non-hydrogen) atoms. The van der Waals surface area contributed by atoms with E-state index in [1.807, 2.05) is 0 Å². The summed E-state index contributed by atoms with van der Waals surface area (Å²) >= 11 is 0. The maximum atomic E-state index is 13.2. The number of ether oxygens (including phenoxy) is 1. The van der Waals surface area contributed by atoms with Crippen molar-refractivity contribution in [1.82, 2.24) is 0 Å². The van der Waals surface area contributed by atoms with Crippen molar-refractivity contribution in [2.24, 2.45) is 0 Å². The van der Waals surface area contributed by atoms with Crippen molar-refractivity contribution in [3.8, 4) is 11.8 Å². The van der Waals surface area contributed by atoms with Crippen LogP contribution in [0, 0.1) is 24.1 Å². The molecule has 0 aromatic heterocycles. The summed E-state index contributed by atoms with van der Waals surface area (Å²) in [5.74, 6) is -1.62. The van der Waals surface area contributed by atoms with Crippen molar-refractivity contribution in [3.63, 3.8) is 0 Å². The van der Waals surface area contributed by atoms with Crippen LogP contribution in [-0.2, 0) is 0 Å². The summed E-state index contributed by atoms with van der Waals surface area (Å²) in [6, 6.07) is 4.13. The van der Waals surface area contributed by atoms with Crippen LogP contribution in [0.2, 0.25) is 0 Å². The Balaban J connectivity index is 3.23. The van der Waals surface area contributed by atoms with Gasteiger partial charge in [-0.2, -0.15) is 14.0 Å². The molecule has 1 aromatic rings. The Morgan fingerprint density at radius 3 is 2.57 bits per heavy atom. The van der Waals surface area contributed by atoms with Gasteiger partial charge in [-0.05, 0) is 18.6 Å². The highest BCUT2D eigenvalue weighted by atomic mass is 19.3. The number of rotatable bonds is 2. The zero-order chi connectivity index (χ0) is 10.7. The zero-order valence-corrected chi connectivity index (χ0v) is 7.22. The van der Waals surface area contributed by atoms with Crippen LogP contribution in [0.1, 0.15) is 11.1 Å². The predicted octanol–water partition coefficient (Wildman–Crippen LogP) is 2.61. The summed E-state index contributed by atoms with van der Waals surface area (Å²) in [4.78, 5) is 0. The van der Waals surface area contributed by atoms with Crippen LogP contribution < -0.4 is 4.74 Å². The molecule has 0 aliphatic rings. The summed E-state index contributed by atoms with van der Waals surface area (Å²) in [6.07, 6.45) is 0. The van der Waals surface area contributed by atoms with Gasteiger partial charge in [0.15, 0.2) is 11.6 Å². The fourth-order valence-electron chi connectivity index (χ4n) is 0.947. The van der Waals surface area contributed by atoms with Gasteiger partial charge in [-0.15, -0.1) is 0 Å². The highest BCUT2D eigenvalue weighted by Gasteiger charge is 2.16. The molecule has 0 spiro atoms. The Labute approximate surface area is 78.5 Å². The molecule has 0 saturated carbocycles. The van der Waals surface area contributed by atoms with Gasteiger partial charge in [0.25, 0.3) is 0 Å². The lowest BCUT2D eigenvalue weighted by Gasteiger charge is -2.08. The Hall–Kier alpha value is -1.70. The van der Waals surface area contributed by atoms with Gasteiger partial charge in [0, 0.05) is 0 Å². The van der Waals surface area contributed by atoms with Crippen LogP contribution in [0.3, 0.4) is 0 Å². The van der Waals surface area contributed by atoms with E-state index < -0.39 is 18.2 Å². The van der Waals surface area contributed by atoms with Crippen LogP contribution in [0.15, 0.2) is 12.1 Å². The fourth-order valence-corrected chi connectivity index (χ4v) is 0.947. The quantitative estimate of drug-likeness (QED) is 0.736. The summed E-state index contributed by atoms with van der Waals surface area (Å²) in [7, 11) is 0. The topological polar surface area (TPSA) is 33.0 Å². The minimum absolute atomic E-state index is 0.152. The molecule has 0 heterocycles. The Bertz CT molecular complexity index is 384. The summed E-state index contributed by atoms with van der Waals surface area (Å²) in [5.41, 5.74) is -0.0898. The molecule has 0 amide bonds. The molecular weight excluding hydrogens is 195 g/mol. The van der Waals surface area contributed by atoms with Crippen molar-refractivity contribution in [2.45, 2.75) is 13.5 Å². The first kappa shape index (κ1) is 10.4. The molecule has 0 N–H and O–H groups in total. The van der Waals surface area contributed by atoms with E-state index in [0.717, 1.165) is 0 Å².